The van der Waals surface area contributed by atoms with Gasteiger partial charge in [0.05, 0.1) is 11.4 Å². The zero-order chi connectivity index (χ0) is 18.1. The van der Waals surface area contributed by atoms with E-state index in [0.717, 1.165) is 23.4 Å². The zero-order valence-electron chi connectivity index (χ0n) is 15.3. The van der Waals surface area contributed by atoms with Crippen molar-refractivity contribution in [3.63, 3.8) is 0 Å². The van der Waals surface area contributed by atoms with E-state index in [2.05, 4.69) is 35.8 Å². The molecule has 5 heteroatoms. The molecule has 1 atom stereocenters. The van der Waals surface area contributed by atoms with Crippen molar-refractivity contribution in [1.29, 1.82) is 0 Å². The molecule has 0 fully saturated rings. The second-order valence-corrected chi connectivity index (χ2v) is 8.05. The van der Waals surface area contributed by atoms with Gasteiger partial charge in [0, 0.05) is 25.0 Å². The lowest BCUT2D eigenvalue weighted by Gasteiger charge is -2.21. The number of benzene rings is 1. The van der Waals surface area contributed by atoms with Crippen LogP contribution in [0.25, 0.3) is 5.69 Å². The number of nitrogens with zero attached hydrogens (tertiary/aromatic N) is 3. The van der Waals surface area contributed by atoms with Gasteiger partial charge < -0.3 is 10.1 Å². The Kier molecular flexibility index (Phi) is 4.52. The molecule has 0 radical (unpaired) electrons. The first-order chi connectivity index (χ1) is 11.7. The van der Waals surface area contributed by atoms with Crippen LogP contribution in [-0.2, 0) is 18.4 Å². The van der Waals surface area contributed by atoms with Crippen LogP contribution in [-0.4, -0.2) is 24.9 Å². The highest BCUT2D eigenvalue weighted by atomic mass is 16.3. The van der Waals surface area contributed by atoms with E-state index in [1.54, 1.807) is 13.1 Å². The number of aromatic amines is 1. The number of hydrogen-bond acceptors (Lipinski definition) is 3. The van der Waals surface area contributed by atoms with Gasteiger partial charge in [-0.25, -0.2) is 9.67 Å². The van der Waals surface area contributed by atoms with Gasteiger partial charge in [0.2, 0.25) is 0 Å². The van der Waals surface area contributed by atoms with Crippen LogP contribution >= 0.6 is 0 Å². The van der Waals surface area contributed by atoms with Crippen molar-refractivity contribution in [2.45, 2.75) is 46.1 Å². The molecule has 0 saturated carbocycles. The van der Waals surface area contributed by atoms with Gasteiger partial charge in [0.15, 0.2) is 0 Å². The standard InChI is InChI=1S/C20H26N4O/c1-19(2,3)13-16-14-21-18(23-16)20(4,25)12-15-6-8-17(9-7-15)24-11-5-10-22-24/h5-11,14,25H,12-13H2,1-4H3,(H,21,23). The third-order valence-corrected chi connectivity index (χ3v) is 4.11. The molecule has 1 aromatic carbocycles. The molecule has 0 amide bonds. The monoisotopic (exact) mass is 338 g/mol. The lowest BCUT2D eigenvalue weighted by molar-refractivity contribution is 0.0488. The van der Waals surface area contributed by atoms with Crippen molar-refractivity contribution in [3.8, 4) is 5.69 Å². The number of aromatic nitrogens is 4. The van der Waals surface area contributed by atoms with E-state index in [1.165, 1.54) is 0 Å². The van der Waals surface area contributed by atoms with Crippen LogP contribution in [0, 0.1) is 5.41 Å². The predicted molar refractivity (Wildman–Crippen MR) is 98.6 cm³/mol. The van der Waals surface area contributed by atoms with Gasteiger partial charge in [-0.05, 0) is 42.5 Å². The summed E-state index contributed by atoms with van der Waals surface area (Å²) in [5.41, 5.74) is 2.16. The largest absolute Gasteiger partial charge is 0.382 e. The molecule has 0 aliphatic rings. The molecule has 0 bridgehead atoms. The lowest BCUT2D eigenvalue weighted by atomic mass is 9.91. The summed E-state index contributed by atoms with van der Waals surface area (Å²) in [6, 6.07) is 9.94. The Labute approximate surface area is 148 Å². The molecule has 0 aliphatic heterocycles. The number of aliphatic hydroxyl groups is 1. The van der Waals surface area contributed by atoms with Gasteiger partial charge in [0.25, 0.3) is 0 Å². The summed E-state index contributed by atoms with van der Waals surface area (Å²) < 4.78 is 1.81. The lowest BCUT2D eigenvalue weighted by Crippen LogP contribution is -2.26. The molecule has 2 aromatic heterocycles. The van der Waals surface area contributed by atoms with E-state index in [-0.39, 0.29) is 5.41 Å². The molecule has 2 heterocycles. The first-order valence-electron chi connectivity index (χ1n) is 8.59. The van der Waals surface area contributed by atoms with Crippen LogP contribution in [0.1, 0.15) is 44.8 Å². The Balaban J connectivity index is 1.73. The average Bonchev–Trinajstić information content (AvgIpc) is 3.17. The number of rotatable bonds is 5. The Morgan fingerprint density at radius 3 is 2.40 bits per heavy atom. The minimum absolute atomic E-state index is 0.167. The highest BCUT2D eigenvalue weighted by Gasteiger charge is 2.27. The second kappa shape index (κ2) is 6.48. The van der Waals surface area contributed by atoms with Gasteiger partial charge in [-0.3, -0.25) is 0 Å². The van der Waals surface area contributed by atoms with E-state index in [4.69, 9.17) is 0 Å². The normalized spacial score (nSPS) is 14.4. The summed E-state index contributed by atoms with van der Waals surface area (Å²) in [7, 11) is 0. The fourth-order valence-electron chi connectivity index (χ4n) is 2.94. The first kappa shape index (κ1) is 17.4. The fourth-order valence-corrected chi connectivity index (χ4v) is 2.94. The van der Waals surface area contributed by atoms with Gasteiger partial charge in [0.1, 0.15) is 11.4 Å². The van der Waals surface area contributed by atoms with Crippen LogP contribution in [0.3, 0.4) is 0 Å². The summed E-state index contributed by atoms with van der Waals surface area (Å²) in [6.07, 6.45) is 6.93. The first-order valence-corrected chi connectivity index (χ1v) is 8.59. The third-order valence-electron chi connectivity index (χ3n) is 4.11. The van der Waals surface area contributed by atoms with Crippen molar-refractivity contribution in [3.05, 3.63) is 66.0 Å². The summed E-state index contributed by atoms with van der Waals surface area (Å²) >= 11 is 0. The van der Waals surface area contributed by atoms with Crippen LogP contribution in [0.2, 0.25) is 0 Å². The summed E-state index contributed by atoms with van der Waals surface area (Å²) in [6.45, 7) is 8.34. The predicted octanol–water partition coefficient (Wildman–Crippen LogP) is 3.63. The molecule has 1 unspecified atom stereocenters. The topological polar surface area (TPSA) is 66.7 Å². The second-order valence-electron chi connectivity index (χ2n) is 8.05. The van der Waals surface area contributed by atoms with Crippen LogP contribution < -0.4 is 0 Å². The molecule has 25 heavy (non-hydrogen) atoms. The molecular formula is C20H26N4O. The molecule has 0 saturated heterocycles. The Bertz CT molecular complexity index is 808. The Hall–Kier alpha value is -2.40. The molecular weight excluding hydrogens is 312 g/mol. The van der Waals surface area contributed by atoms with E-state index in [0.29, 0.717) is 12.2 Å². The SMILES string of the molecule is CC(C)(C)Cc1c[nH]c(C(C)(O)Cc2ccc(-n3cccn3)cc2)n1. The van der Waals surface area contributed by atoms with E-state index >= 15 is 0 Å². The van der Waals surface area contributed by atoms with E-state index < -0.39 is 5.60 Å². The average molecular weight is 338 g/mol. The number of H-pyrrole nitrogens is 1. The van der Waals surface area contributed by atoms with Crippen molar-refractivity contribution in [2.24, 2.45) is 5.41 Å². The maximum Gasteiger partial charge on any atom is 0.138 e. The Morgan fingerprint density at radius 1 is 1.08 bits per heavy atom. The molecule has 3 aromatic rings. The van der Waals surface area contributed by atoms with Gasteiger partial charge >= 0.3 is 0 Å². The number of hydrogen-bond donors (Lipinski definition) is 2. The van der Waals surface area contributed by atoms with Gasteiger partial charge in [-0.15, -0.1) is 0 Å². The smallest absolute Gasteiger partial charge is 0.138 e. The van der Waals surface area contributed by atoms with Crippen molar-refractivity contribution < 1.29 is 5.11 Å². The van der Waals surface area contributed by atoms with E-state index in [9.17, 15) is 5.11 Å². The highest BCUT2D eigenvalue weighted by molar-refractivity contribution is 5.34. The summed E-state index contributed by atoms with van der Waals surface area (Å²) in [5.74, 6) is 0.614. The molecule has 3 rings (SSSR count). The highest BCUT2D eigenvalue weighted by Crippen LogP contribution is 2.25. The summed E-state index contributed by atoms with van der Waals surface area (Å²) in [4.78, 5) is 7.75. The van der Waals surface area contributed by atoms with Gasteiger partial charge in [-0.1, -0.05) is 32.9 Å². The zero-order valence-corrected chi connectivity index (χ0v) is 15.3. The quantitative estimate of drug-likeness (QED) is 0.746. The molecule has 0 aliphatic carbocycles. The van der Waals surface area contributed by atoms with Gasteiger partial charge in [-0.2, -0.15) is 5.10 Å². The molecule has 0 spiro atoms. The third kappa shape index (κ3) is 4.37. The maximum absolute atomic E-state index is 10.9. The van der Waals surface area contributed by atoms with Crippen LogP contribution in [0.4, 0.5) is 0 Å². The van der Waals surface area contributed by atoms with E-state index in [1.807, 2.05) is 47.4 Å². The number of imidazole rings is 1. The fraction of sp³-hybridized carbons (Fsp3) is 0.400. The van der Waals surface area contributed by atoms with Crippen LogP contribution in [0.15, 0.2) is 48.9 Å². The Morgan fingerprint density at radius 2 is 1.80 bits per heavy atom. The molecule has 132 valence electrons. The summed E-state index contributed by atoms with van der Waals surface area (Å²) in [5, 5.41) is 15.1. The molecule has 5 nitrogen and oxygen atoms in total. The van der Waals surface area contributed by atoms with Crippen molar-refractivity contribution in [2.75, 3.05) is 0 Å². The molecule has 2 N–H and O–H groups in total. The van der Waals surface area contributed by atoms with Crippen molar-refractivity contribution >= 4 is 0 Å². The minimum atomic E-state index is -1.04. The minimum Gasteiger partial charge on any atom is -0.382 e. The maximum atomic E-state index is 10.9. The number of nitrogens with one attached hydrogen (secondary N) is 1. The van der Waals surface area contributed by atoms with Crippen molar-refractivity contribution in [1.82, 2.24) is 19.7 Å². The van der Waals surface area contributed by atoms with Crippen LogP contribution in [0.5, 0.6) is 0 Å².